The summed E-state index contributed by atoms with van der Waals surface area (Å²) >= 11 is 0. The Morgan fingerprint density at radius 3 is 2.32 bits per heavy atom. The molecule has 7 nitrogen and oxygen atoms in total. The molecule has 1 aromatic carbocycles. The summed E-state index contributed by atoms with van der Waals surface area (Å²) < 4.78 is 2.05. The molecule has 3 heterocycles. The van der Waals surface area contributed by atoms with Crippen LogP contribution in [0.25, 0.3) is 11.0 Å². The number of nitrogens with one attached hydrogen (secondary N) is 2. The van der Waals surface area contributed by atoms with E-state index < -0.39 is 7.05 Å². The van der Waals surface area contributed by atoms with Crippen molar-refractivity contribution in [3.05, 3.63) is 34.6 Å². The van der Waals surface area contributed by atoms with E-state index in [9.17, 15) is 9.82 Å². The summed E-state index contributed by atoms with van der Waals surface area (Å²) in [5, 5.41) is 15.6. The average Bonchev–Trinajstić information content (AvgIpc) is 3.05. The number of benzene rings is 1. The van der Waals surface area contributed by atoms with Crippen LogP contribution in [0.2, 0.25) is 6.82 Å². The van der Waals surface area contributed by atoms with Gasteiger partial charge in [-0.25, -0.2) is 4.98 Å². The smallest absolute Gasteiger partial charge is 0.373 e. The predicted molar refractivity (Wildman–Crippen MR) is 139 cm³/mol. The van der Waals surface area contributed by atoms with Gasteiger partial charge in [-0.2, -0.15) is 0 Å². The summed E-state index contributed by atoms with van der Waals surface area (Å²) in [6.07, 6.45) is 14.3. The minimum atomic E-state index is -0.568. The van der Waals surface area contributed by atoms with E-state index >= 15 is 0 Å². The molecule has 34 heavy (non-hydrogen) atoms. The zero-order valence-corrected chi connectivity index (χ0v) is 20.6. The number of hydrogen-bond acceptors (Lipinski definition) is 6. The van der Waals surface area contributed by atoms with E-state index in [1.807, 2.05) is 28.8 Å². The van der Waals surface area contributed by atoms with E-state index in [-0.39, 0.29) is 11.6 Å². The summed E-state index contributed by atoms with van der Waals surface area (Å²) in [4.78, 5) is 21.2. The Kier molecular flexibility index (Phi) is 7.56. The molecule has 184 valence electrons. The first kappa shape index (κ1) is 23.8. The zero-order chi connectivity index (χ0) is 23.5. The quantitative estimate of drug-likeness (QED) is 0.427. The summed E-state index contributed by atoms with van der Waals surface area (Å²) in [5.74, 6) is 0.417. The highest BCUT2D eigenvalue weighted by atomic mass is 16.2. The second-order valence-corrected chi connectivity index (χ2v) is 10.6. The van der Waals surface area contributed by atoms with E-state index in [0.717, 1.165) is 29.9 Å². The topological polar surface area (TPSA) is 82.4 Å². The monoisotopic (exact) mass is 465 g/mol. The normalized spacial score (nSPS) is 26.4. The van der Waals surface area contributed by atoms with E-state index in [4.69, 9.17) is 0 Å². The van der Waals surface area contributed by atoms with Crippen LogP contribution in [0.4, 0.5) is 5.82 Å². The number of piperidine rings is 1. The summed E-state index contributed by atoms with van der Waals surface area (Å²) in [6, 6.07) is 10.2. The third-order valence-corrected chi connectivity index (χ3v) is 8.28. The van der Waals surface area contributed by atoms with Crippen molar-refractivity contribution in [2.45, 2.75) is 102 Å². The minimum absolute atomic E-state index is 0.0143. The third-order valence-electron chi connectivity index (χ3n) is 8.28. The van der Waals surface area contributed by atoms with Gasteiger partial charge in [-0.3, -0.25) is 9.69 Å². The summed E-state index contributed by atoms with van der Waals surface area (Å²) in [6.45, 7) is 2.80. The second kappa shape index (κ2) is 10.8. The van der Waals surface area contributed by atoms with Crippen molar-refractivity contribution in [1.82, 2.24) is 19.7 Å². The number of para-hydroxylation sites is 2. The van der Waals surface area contributed by atoms with Crippen molar-refractivity contribution < 1.29 is 5.02 Å². The molecule has 2 aromatic rings. The fourth-order valence-electron chi connectivity index (χ4n) is 6.82. The molecule has 0 spiro atoms. The van der Waals surface area contributed by atoms with Crippen LogP contribution < -0.4 is 16.1 Å². The van der Waals surface area contributed by atoms with Gasteiger partial charge in [-0.15, -0.1) is 0 Å². The fourth-order valence-corrected chi connectivity index (χ4v) is 6.82. The first-order valence-corrected chi connectivity index (χ1v) is 13.6. The minimum Gasteiger partial charge on any atom is -0.437 e. The molecule has 1 saturated carbocycles. The van der Waals surface area contributed by atoms with Gasteiger partial charge >= 0.3 is 7.05 Å². The molecule has 1 aromatic heterocycles. The van der Waals surface area contributed by atoms with Gasteiger partial charge < -0.3 is 20.1 Å². The largest absolute Gasteiger partial charge is 0.437 e. The van der Waals surface area contributed by atoms with Gasteiger partial charge in [0.05, 0.1) is 11.0 Å². The lowest BCUT2D eigenvalue weighted by Crippen LogP contribution is -2.50. The lowest BCUT2D eigenvalue weighted by Gasteiger charge is -2.45. The molecule has 0 unspecified atom stereocenters. The number of nitrogens with zero attached hydrogens (tertiary/aromatic N) is 3. The molecule has 2 aliphatic heterocycles. The summed E-state index contributed by atoms with van der Waals surface area (Å²) in [5.41, 5.74) is 1.80. The maximum Gasteiger partial charge on any atom is 0.373 e. The molecule has 8 heteroatoms. The maximum atomic E-state index is 13.7. The van der Waals surface area contributed by atoms with Crippen molar-refractivity contribution >= 4 is 23.9 Å². The highest BCUT2D eigenvalue weighted by Crippen LogP contribution is 2.44. The van der Waals surface area contributed by atoms with Gasteiger partial charge in [0.1, 0.15) is 0 Å². The van der Waals surface area contributed by atoms with Crippen molar-refractivity contribution in [1.29, 1.82) is 0 Å². The molecular weight excluding hydrogens is 425 g/mol. The zero-order valence-electron chi connectivity index (χ0n) is 20.6. The molecule has 2 bridgehead atoms. The average molecular weight is 465 g/mol. The Morgan fingerprint density at radius 1 is 0.941 bits per heavy atom. The lowest BCUT2D eigenvalue weighted by molar-refractivity contribution is 0.0498. The Bertz CT molecular complexity index is 1010. The van der Waals surface area contributed by atoms with Gasteiger partial charge in [0.15, 0.2) is 5.82 Å². The van der Waals surface area contributed by atoms with Crippen LogP contribution in [-0.2, 0) is 0 Å². The Hall–Kier alpha value is -1.90. The molecule has 3 atom stereocenters. The number of aromatic nitrogens is 2. The Morgan fingerprint density at radius 2 is 1.62 bits per heavy atom. The van der Waals surface area contributed by atoms with Gasteiger partial charge in [0.2, 0.25) is 0 Å². The van der Waals surface area contributed by atoms with Crippen molar-refractivity contribution in [3.8, 4) is 0 Å². The molecule has 2 saturated heterocycles. The molecule has 0 amide bonds. The molecular formula is C26H40BN5O2. The SMILES string of the molecule is CB(O)NCCNc1nc2ccccc2n([C@H]2C[C@H]3CC[C@@H](C2)N3C2CCCCCCC2)c1=O. The van der Waals surface area contributed by atoms with Gasteiger partial charge in [0, 0.05) is 37.3 Å². The number of anilines is 1. The highest BCUT2D eigenvalue weighted by molar-refractivity contribution is 6.45. The highest BCUT2D eigenvalue weighted by Gasteiger charge is 2.44. The standard InChI is InChI=1S/C26H40BN5O2/c1-27(34)29-16-15-28-25-26(33)32(24-12-8-7-11-23(24)30-25)22-17-20-13-14-21(18-22)31(20)19-9-5-3-2-4-6-10-19/h7-8,11-12,19-22,29,34H,2-6,9-10,13-18H2,1H3,(H,28,30)/t20-,21+,22+. The van der Waals surface area contributed by atoms with Gasteiger partial charge in [-0.05, 0) is 57.5 Å². The van der Waals surface area contributed by atoms with Crippen molar-refractivity contribution in [2.75, 3.05) is 18.4 Å². The van der Waals surface area contributed by atoms with Gasteiger partial charge in [-0.1, -0.05) is 44.2 Å². The van der Waals surface area contributed by atoms with Crippen LogP contribution in [0.3, 0.4) is 0 Å². The molecule has 3 fully saturated rings. The molecule has 3 N–H and O–H groups in total. The van der Waals surface area contributed by atoms with E-state index in [0.29, 0.717) is 31.0 Å². The Labute approximate surface area is 203 Å². The van der Waals surface area contributed by atoms with Crippen LogP contribution in [-0.4, -0.2) is 57.7 Å². The van der Waals surface area contributed by atoms with Gasteiger partial charge in [0.25, 0.3) is 5.56 Å². The second-order valence-electron chi connectivity index (χ2n) is 10.6. The van der Waals surface area contributed by atoms with E-state index in [2.05, 4.69) is 20.4 Å². The number of fused-ring (bicyclic) bond motifs is 3. The number of hydrogen-bond donors (Lipinski definition) is 3. The van der Waals surface area contributed by atoms with Crippen LogP contribution >= 0.6 is 0 Å². The first-order chi connectivity index (χ1) is 16.6. The van der Waals surface area contributed by atoms with E-state index in [1.54, 1.807) is 6.82 Å². The third kappa shape index (κ3) is 5.04. The van der Waals surface area contributed by atoms with Crippen molar-refractivity contribution in [2.24, 2.45) is 0 Å². The molecule has 1 aliphatic carbocycles. The van der Waals surface area contributed by atoms with Crippen LogP contribution in [0.1, 0.15) is 76.7 Å². The molecule has 3 aliphatic rings. The number of rotatable bonds is 7. The summed E-state index contributed by atoms with van der Waals surface area (Å²) in [7, 11) is -0.568. The molecule has 0 radical (unpaired) electrons. The maximum absolute atomic E-state index is 13.7. The lowest BCUT2D eigenvalue weighted by atomic mass is 9.89. The first-order valence-electron chi connectivity index (χ1n) is 13.6. The van der Waals surface area contributed by atoms with Crippen LogP contribution in [0, 0.1) is 0 Å². The van der Waals surface area contributed by atoms with Crippen molar-refractivity contribution in [3.63, 3.8) is 0 Å². The Balaban J connectivity index is 1.39. The van der Waals surface area contributed by atoms with E-state index in [1.165, 1.54) is 57.8 Å². The predicted octanol–water partition coefficient (Wildman–Crippen LogP) is 3.79. The molecule has 5 rings (SSSR count). The van der Waals surface area contributed by atoms with Crippen LogP contribution in [0.5, 0.6) is 0 Å². The van der Waals surface area contributed by atoms with Crippen LogP contribution in [0.15, 0.2) is 29.1 Å². The fraction of sp³-hybridized carbons (Fsp3) is 0.692.